The second-order valence-corrected chi connectivity index (χ2v) is 11.2. The number of aliphatic hydroxyl groups is 1. The van der Waals surface area contributed by atoms with Gasteiger partial charge in [-0.25, -0.2) is 9.78 Å². The van der Waals surface area contributed by atoms with E-state index in [1.54, 1.807) is 32.0 Å². The Hall–Kier alpha value is -4.40. The van der Waals surface area contributed by atoms with Gasteiger partial charge in [0.05, 0.1) is 12.8 Å². The Bertz CT molecular complexity index is 1550. The second-order valence-electron chi connectivity index (χ2n) is 11.2. The minimum atomic E-state index is -6.01. The first-order valence-electron chi connectivity index (χ1n) is 14.9. The highest BCUT2D eigenvalue weighted by Gasteiger charge is 2.71. The van der Waals surface area contributed by atoms with Crippen LogP contribution in [0.2, 0.25) is 0 Å². The van der Waals surface area contributed by atoms with Crippen LogP contribution in [0.1, 0.15) is 62.4 Å². The fourth-order valence-corrected chi connectivity index (χ4v) is 5.01. The number of pyridine rings is 2. The summed E-state index contributed by atoms with van der Waals surface area (Å²) < 4.78 is 91.7. The molecule has 1 aliphatic rings. The molecular weight excluding hydrogens is 634 g/mol. The lowest BCUT2D eigenvalue weighted by Crippen LogP contribution is -2.53. The molecule has 1 saturated heterocycles. The summed E-state index contributed by atoms with van der Waals surface area (Å²) in [6.07, 6.45) is -6.79. The van der Waals surface area contributed by atoms with E-state index in [4.69, 9.17) is 9.47 Å². The van der Waals surface area contributed by atoms with E-state index in [9.17, 15) is 41.0 Å². The topological polar surface area (TPSA) is 114 Å². The molecule has 1 aliphatic heterocycles. The zero-order chi connectivity index (χ0) is 34.6. The Labute approximate surface area is 266 Å². The molecule has 0 radical (unpaired) electrons. The summed E-state index contributed by atoms with van der Waals surface area (Å²) in [6.45, 7) is 5.81. The number of rotatable bonds is 13. The van der Waals surface area contributed by atoms with Gasteiger partial charge in [0.1, 0.15) is 17.0 Å². The highest BCUT2D eigenvalue weighted by molar-refractivity contribution is 6.07. The van der Waals surface area contributed by atoms with Gasteiger partial charge in [0.25, 0.3) is 11.5 Å². The summed E-state index contributed by atoms with van der Waals surface area (Å²) >= 11 is 0. The van der Waals surface area contributed by atoms with E-state index in [-0.39, 0.29) is 36.4 Å². The number of nitrogens with zero attached hydrogens (tertiary/aromatic N) is 3. The third kappa shape index (κ3) is 7.29. The number of imide groups is 1. The summed E-state index contributed by atoms with van der Waals surface area (Å²) in [6, 6.07) is 7.85. The summed E-state index contributed by atoms with van der Waals surface area (Å²) in [7, 11) is 0. The number of aryl methyl sites for hydroxylation is 1. The number of amides is 3. The van der Waals surface area contributed by atoms with E-state index >= 15 is 0 Å². The molecule has 1 aromatic carbocycles. The van der Waals surface area contributed by atoms with E-state index in [0.717, 1.165) is 23.8 Å². The van der Waals surface area contributed by atoms with Gasteiger partial charge in [-0.3, -0.25) is 14.7 Å². The normalized spacial score (nSPS) is 17.2. The largest absolute Gasteiger partial charge is 0.478 e. The van der Waals surface area contributed by atoms with Crippen LogP contribution in [-0.4, -0.2) is 57.4 Å². The van der Waals surface area contributed by atoms with Crippen molar-refractivity contribution in [3.63, 3.8) is 0 Å². The van der Waals surface area contributed by atoms with Crippen molar-refractivity contribution in [2.24, 2.45) is 0 Å². The molecule has 2 N–H and O–H groups in total. The summed E-state index contributed by atoms with van der Waals surface area (Å²) in [5.41, 5.74) is -6.78. The molecule has 2 aromatic heterocycles. The average molecular weight is 669 g/mol. The molecule has 1 atom stereocenters. The van der Waals surface area contributed by atoms with Gasteiger partial charge in [-0.2, -0.15) is 26.3 Å². The molecule has 3 heterocycles. The highest BCUT2D eigenvalue weighted by Crippen LogP contribution is 2.50. The first-order chi connectivity index (χ1) is 22.0. The predicted octanol–water partition coefficient (Wildman–Crippen LogP) is 6.72. The minimum Gasteiger partial charge on any atom is -0.478 e. The van der Waals surface area contributed by atoms with Crippen molar-refractivity contribution in [3.05, 3.63) is 77.2 Å². The first kappa shape index (κ1) is 35.5. The number of carbonyl (C=O) groups is 2. The molecule has 4 rings (SSSR count). The molecular formula is C32H34F6N4O5. The van der Waals surface area contributed by atoms with Gasteiger partial charge in [0.2, 0.25) is 5.88 Å². The minimum absolute atomic E-state index is 0.00251. The van der Waals surface area contributed by atoms with Crippen molar-refractivity contribution in [3.8, 4) is 17.4 Å². The molecule has 15 heteroatoms. The molecule has 0 aliphatic carbocycles. The van der Waals surface area contributed by atoms with Crippen LogP contribution in [0.5, 0.6) is 17.4 Å². The SMILES string of the molecule is CCCCOc1ccc(C2(C)NC(=O)N(CCc3ccc(Oc4ccc(C(O)(C(F)(F)F)C(F)(F)F)cc4CCC)cn3)C2=O)cn1. The predicted molar refractivity (Wildman–Crippen MR) is 157 cm³/mol. The number of hydrogen-bond acceptors (Lipinski definition) is 7. The van der Waals surface area contributed by atoms with E-state index in [1.165, 1.54) is 18.5 Å². The van der Waals surface area contributed by atoms with Gasteiger partial charge in [0.15, 0.2) is 0 Å². The maximum absolute atomic E-state index is 13.4. The van der Waals surface area contributed by atoms with Crippen LogP contribution in [0.3, 0.4) is 0 Å². The zero-order valence-corrected chi connectivity index (χ0v) is 25.8. The lowest BCUT2D eigenvalue weighted by Gasteiger charge is -2.33. The van der Waals surface area contributed by atoms with Gasteiger partial charge >= 0.3 is 18.4 Å². The Morgan fingerprint density at radius 1 is 0.915 bits per heavy atom. The maximum atomic E-state index is 13.4. The fraction of sp³-hybridized carbons (Fsp3) is 0.438. The molecule has 9 nitrogen and oxygen atoms in total. The van der Waals surface area contributed by atoms with Crippen LogP contribution >= 0.6 is 0 Å². The van der Waals surface area contributed by atoms with Crippen LogP contribution in [0.15, 0.2) is 54.9 Å². The summed E-state index contributed by atoms with van der Waals surface area (Å²) in [5, 5.41) is 12.5. The molecule has 0 bridgehead atoms. The fourth-order valence-electron chi connectivity index (χ4n) is 5.01. The number of halogens is 6. The van der Waals surface area contributed by atoms with E-state index < -0.39 is 41.0 Å². The van der Waals surface area contributed by atoms with Crippen molar-refractivity contribution in [2.75, 3.05) is 13.2 Å². The third-order valence-corrected chi connectivity index (χ3v) is 7.77. The van der Waals surface area contributed by atoms with Crippen LogP contribution in [-0.2, 0) is 28.8 Å². The smallest absolute Gasteiger partial charge is 0.430 e. The first-order valence-corrected chi connectivity index (χ1v) is 14.9. The Kier molecular flexibility index (Phi) is 10.4. The third-order valence-electron chi connectivity index (χ3n) is 7.77. The lowest BCUT2D eigenvalue weighted by atomic mass is 9.90. The number of urea groups is 1. The summed E-state index contributed by atoms with van der Waals surface area (Å²) in [4.78, 5) is 35.6. The van der Waals surface area contributed by atoms with Crippen molar-refractivity contribution in [1.29, 1.82) is 0 Å². The molecule has 1 fully saturated rings. The van der Waals surface area contributed by atoms with Crippen LogP contribution in [0, 0.1) is 0 Å². The van der Waals surface area contributed by atoms with E-state index in [2.05, 4.69) is 15.3 Å². The van der Waals surface area contributed by atoms with Crippen LogP contribution in [0.25, 0.3) is 0 Å². The van der Waals surface area contributed by atoms with Crippen molar-refractivity contribution >= 4 is 11.9 Å². The van der Waals surface area contributed by atoms with Gasteiger partial charge in [0, 0.05) is 42.0 Å². The molecule has 254 valence electrons. The molecule has 3 amide bonds. The van der Waals surface area contributed by atoms with Gasteiger partial charge < -0.3 is 19.9 Å². The monoisotopic (exact) mass is 668 g/mol. The van der Waals surface area contributed by atoms with Crippen LogP contribution < -0.4 is 14.8 Å². The number of unbranched alkanes of at least 4 members (excludes halogenated alkanes) is 1. The number of carbonyl (C=O) groups excluding carboxylic acids is 2. The van der Waals surface area contributed by atoms with Gasteiger partial charge in [-0.15, -0.1) is 0 Å². The molecule has 0 spiro atoms. The number of aromatic nitrogens is 2. The highest BCUT2D eigenvalue weighted by atomic mass is 19.4. The molecule has 47 heavy (non-hydrogen) atoms. The average Bonchev–Trinajstić information content (AvgIpc) is 3.24. The van der Waals surface area contributed by atoms with E-state index in [1.807, 2.05) is 6.92 Å². The van der Waals surface area contributed by atoms with Crippen molar-refractivity contribution < 1.29 is 50.5 Å². The quantitative estimate of drug-likeness (QED) is 0.118. The maximum Gasteiger partial charge on any atom is 0.430 e. The molecule has 0 saturated carbocycles. The van der Waals surface area contributed by atoms with Crippen molar-refractivity contribution in [2.45, 2.75) is 76.4 Å². The number of benzene rings is 1. The van der Waals surface area contributed by atoms with Crippen LogP contribution in [0.4, 0.5) is 31.1 Å². The standard InChI is InChI=1S/C32H34F6N4O5/c1-4-6-16-46-26-13-9-22(18-40-26)29(3)27(43)42(28(44)41-29)15-14-23-10-11-24(19-39-23)47-25-12-8-21(17-20(25)7-5-2)30(45,31(33,34)35)32(36,37)38/h8-13,17-19,45H,4-7,14-16H2,1-3H3,(H,41,44). The Balaban J connectivity index is 1.43. The number of ether oxygens (including phenoxy) is 2. The molecule has 1 unspecified atom stereocenters. The number of nitrogens with one attached hydrogen (secondary N) is 1. The zero-order valence-electron chi connectivity index (χ0n) is 25.8. The second kappa shape index (κ2) is 13.8. The lowest BCUT2D eigenvalue weighted by molar-refractivity contribution is -0.376. The van der Waals surface area contributed by atoms with Crippen molar-refractivity contribution in [1.82, 2.24) is 20.2 Å². The van der Waals surface area contributed by atoms with Gasteiger partial charge in [-0.1, -0.05) is 32.8 Å². The Morgan fingerprint density at radius 3 is 2.21 bits per heavy atom. The van der Waals surface area contributed by atoms with E-state index in [0.29, 0.717) is 42.3 Å². The molecule has 3 aromatic rings. The summed E-state index contributed by atoms with van der Waals surface area (Å²) in [5.74, 6) is 0.0637. The Morgan fingerprint density at radius 2 is 1.64 bits per heavy atom. The van der Waals surface area contributed by atoms with Gasteiger partial charge in [-0.05, 0) is 55.7 Å². The number of hydrogen-bond donors (Lipinski definition) is 2. The number of alkyl halides is 6.